The topological polar surface area (TPSA) is 26.0 Å². The van der Waals surface area contributed by atoms with Gasteiger partial charge < -0.3 is 5.73 Å². The van der Waals surface area contributed by atoms with Crippen molar-refractivity contribution in [2.24, 2.45) is 5.73 Å². The molecule has 0 radical (unpaired) electrons. The lowest BCUT2D eigenvalue weighted by molar-refractivity contribution is 0.819. The highest BCUT2D eigenvalue weighted by atomic mass is 35.5. The zero-order valence-electron chi connectivity index (χ0n) is 9.15. The summed E-state index contributed by atoms with van der Waals surface area (Å²) in [5.41, 5.74) is 9.15. The smallest absolute Gasteiger partial charge is 0.0484 e. The van der Waals surface area contributed by atoms with Crippen LogP contribution in [-0.2, 0) is 0 Å². The van der Waals surface area contributed by atoms with Crippen LogP contribution in [0.25, 0.3) is 11.1 Å². The van der Waals surface area contributed by atoms with Crippen LogP contribution in [0.4, 0.5) is 0 Å². The lowest BCUT2D eigenvalue weighted by Gasteiger charge is -2.09. The summed E-state index contributed by atoms with van der Waals surface area (Å²) in [7, 11) is 0. The lowest BCUT2D eigenvalue weighted by Crippen LogP contribution is -2.04. The minimum atomic E-state index is 0.0439. The van der Waals surface area contributed by atoms with E-state index in [9.17, 15) is 0 Å². The second kappa shape index (κ2) is 4.69. The van der Waals surface area contributed by atoms with Gasteiger partial charge in [0.15, 0.2) is 0 Å². The van der Waals surface area contributed by atoms with Gasteiger partial charge in [0.1, 0.15) is 0 Å². The monoisotopic (exact) mass is 231 g/mol. The zero-order valence-corrected chi connectivity index (χ0v) is 9.91. The van der Waals surface area contributed by atoms with Gasteiger partial charge in [-0.3, -0.25) is 0 Å². The number of hydrogen-bond acceptors (Lipinski definition) is 1. The van der Waals surface area contributed by atoms with Gasteiger partial charge in [0.05, 0.1) is 0 Å². The van der Waals surface area contributed by atoms with Gasteiger partial charge in [0.2, 0.25) is 0 Å². The van der Waals surface area contributed by atoms with E-state index in [2.05, 4.69) is 6.07 Å². The number of halogens is 1. The van der Waals surface area contributed by atoms with Crippen LogP contribution >= 0.6 is 11.6 Å². The number of nitrogens with two attached hydrogens (primary N) is 1. The van der Waals surface area contributed by atoms with Crippen molar-refractivity contribution in [3.8, 4) is 11.1 Å². The van der Waals surface area contributed by atoms with E-state index in [4.69, 9.17) is 17.3 Å². The highest BCUT2D eigenvalue weighted by molar-refractivity contribution is 6.33. The normalized spacial score (nSPS) is 12.4. The first-order valence-electron chi connectivity index (χ1n) is 5.29. The molecular weight excluding hydrogens is 218 g/mol. The summed E-state index contributed by atoms with van der Waals surface area (Å²) in [6, 6.07) is 16.1. The molecule has 0 amide bonds. The maximum atomic E-state index is 6.16. The second-order valence-corrected chi connectivity index (χ2v) is 4.30. The van der Waals surface area contributed by atoms with Crippen LogP contribution in [0, 0.1) is 0 Å². The third kappa shape index (κ3) is 2.26. The van der Waals surface area contributed by atoms with Crippen LogP contribution in [0.5, 0.6) is 0 Å². The van der Waals surface area contributed by atoms with Crippen molar-refractivity contribution in [3.63, 3.8) is 0 Å². The van der Waals surface area contributed by atoms with Gasteiger partial charge >= 0.3 is 0 Å². The Hall–Kier alpha value is -1.31. The Morgan fingerprint density at radius 2 is 1.81 bits per heavy atom. The van der Waals surface area contributed by atoms with Gasteiger partial charge in [-0.2, -0.15) is 0 Å². The molecule has 0 heterocycles. The first-order valence-corrected chi connectivity index (χ1v) is 5.67. The maximum absolute atomic E-state index is 6.16. The third-order valence-electron chi connectivity index (χ3n) is 2.60. The molecule has 0 fully saturated rings. The molecule has 1 atom stereocenters. The van der Waals surface area contributed by atoms with Crippen LogP contribution < -0.4 is 5.73 Å². The van der Waals surface area contributed by atoms with Gasteiger partial charge in [-0.05, 0) is 30.2 Å². The highest BCUT2D eigenvalue weighted by Gasteiger charge is 2.04. The van der Waals surface area contributed by atoms with Crippen molar-refractivity contribution < 1.29 is 0 Å². The minimum absolute atomic E-state index is 0.0439. The summed E-state index contributed by atoms with van der Waals surface area (Å²) < 4.78 is 0. The average Bonchev–Trinajstić information content (AvgIpc) is 2.30. The number of benzene rings is 2. The van der Waals surface area contributed by atoms with Gasteiger partial charge in [0.25, 0.3) is 0 Å². The molecule has 0 saturated heterocycles. The maximum Gasteiger partial charge on any atom is 0.0484 e. The first-order chi connectivity index (χ1) is 7.68. The fourth-order valence-corrected chi connectivity index (χ4v) is 1.93. The summed E-state index contributed by atoms with van der Waals surface area (Å²) in [6.07, 6.45) is 0. The Bertz CT molecular complexity index is 492. The average molecular weight is 232 g/mol. The molecule has 2 heteroatoms. The summed E-state index contributed by atoms with van der Waals surface area (Å²) in [4.78, 5) is 0. The van der Waals surface area contributed by atoms with Crippen LogP contribution in [-0.4, -0.2) is 0 Å². The standard InChI is InChI=1S/C14H14ClN/c1-10(16)11-5-4-6-12(9-11)13-7-2-3-8-14(13)15/h2-10H,16H2,1H3/t10-/m1/s1. The van der Waals surface area contributed by atoms with Gasteiger partial charge in [-0.25, -0.2) is 0 Å². The predicted molar refractivity (Wildman–Crippen MR) is 69.5 cm³/mol. The minimum Gasteiger partial charge on any atom is -0.324 e. The van der Waals surface area contributed by atoms with Crippen LogP contribution in [0.3, 0.4) is 0 Å². The molecule has 2 rings (SSSR count). The van der Waals surface area contributed by atoms with E-state index in [1.54, 1.807) is 0 Å². The largest absolute Gasteiger partial charge is 0.324 e. The van der Waals surface area contributed by atoms with Crippen LogP contribution in [0.2, 0.25) is 5.02 Å². The summed E-state index contributed by atoms with van der Waals surface area (Å²) in [6.45, 7) is 1.98. The number of hydrogen-bond donors (Lipinski definition) is 1. The molecule has 0 unspecified atom stereocenters. The van der Waals surface area contributed by atoms with Crippen molar-refractivity contribution in [1.82, 2.24) is 0 Å². The van der Waals surface area contributed by atoms with E-state index in [1.165, 1.54) is 0 Å². The molecule has 0 aromatic heterocycles. The first kappa shape index (κ1) is 11.2. The van der Waals surface area contributed by atoms with Crippen molar-refractivity contribution in [3.05, 3.63) is 59.1 Å². The third-order valence-corrected chi connectivity index (χ3v) is 2.93. The molecule has 0 bridgehead atoms. The Kier molecular flexibility index (Phi) is 3.28. The molecule has 0 aliphatic rings. The highest BCUT2D eigenvalue weighted by Crippen LogP contribution is 2.28. The molecule has 82 valence electrons. The summed E-state index contributed by atoms with van der Waals surface area (Å²) >= 11 is 6.16. The van der Waals surface area contributed by atoms with Gasteiger partial charge in [0, 0.05) is 16.6 Å². The van der Waals surface area contributed by atoms with Gasteiger partial charge in [-0.15, -0.1) is 0 Å². The van der Waals surface area contributed by atoms with Crippen LogP contribution in [0.15, 0.2) is 48.5 Å². The molecular formula is C14H14ClN. The number of rotatable bonds is 2. The van der Waals surface area contributed by atoms with Crippen molar-refractivity contribution in [1.29, 1.82) is 0 Å². The van der Waals surface area contributed by atoms with E-state index >= 15 is 0 Å². The van der Waals surface area contributed by atoms with E-state index in [0.717, 1.165) is 21.7 Å². The predicted octanol–water partition coefficient (Wildman–Crippen LogP) is 4.03. The molecule has 0 aliphatic carbocycles. The molecule has 16 heavy (non-hydrogen) atoms. The lowest BCUT2D eigenvalue weighted by atomic mass is 10.0. The van der Waals surface area contributed by atoms with Gasteiger partial charge in [-0.1, -0.05) is 48.0 Å². The van der Waals surface area contributed by atoms with Crippen LogP contribution in [0.1, 0.15) is 18.5 Å². The second-order valence-electron chi connectivity index (χ2n) is 3.89. The molecule has 0 saturated carbocycles. The van der Waals surface area contributed by atoms with E-state index in [1.807, 2.05) is 49.4 Å². The Morgan fingerprint density at radius 3 is 2.50 bits per heavy atom. The molecule has 2 aromatic rings. The summed E-state index contributed by atoms with van der Waals surface area (Å²) in [5, 5.41) is 0.768. The van der Waals surface area contributed by atoms with E-state index in [0.29, 0.717) is 0 Å². The SMILES string of the molecule is C[C@@H](N)c1cccc(-c2ccccc2Cl)c1. The van der Waals surface area contributed by atoms with E-state index in [-0.39, 0.29) is 6.04 Å². The fourth-order valence-electron chi connectivity index (χ4n) is 1.68. The Labute approximate surface area is 101 Å². The Balaban J connectivity index is 2.49. The zero-order chi connectivity index (χ0) is 11.5. The molecule has 2 N–H and O–H groups in total. The van der Waals surface area contributed by atoms with Crippen molar-refractivity contribution in [2.45, 2.75) is 13.0 Å². The Morgan fingerprint density at radius 1 is 1.06 bits per heavy atom. The molecule has 0 spiro atoms. The van der Waals surface area contributed by atoms with Crippen molar-refractivity contribution >= 4 is 11.6 Å². The quantitative estimate of drug-likeness (QED) is 0.830. The molecule has 2 aromatic carbocycles. The van der Waals surface area contributed by atoms with Crippen molar-refractivity contribution in [2.75, 3.05) is 0 Å². The molecule has 1 nitrogen and oxygen atoms in total. The summed E-state index contributed by atoms with van der Waals surface area (Å²) in [5.74, 6) is 0. The van der Waals surface area contributed by atoms with E-state index < -0.39 is 0 Å². The fraction of sp³-hybridized carbons (Fsp3) is 0.143. The molecule has 0 aliphatic heterocycles.